The van der Waals surface area contributed by atoms with E-state index in [-0.39, 0.29) is 11.9 Å². The van der Waals surface area contributed by atoms with E-state index >= 15 is 0 Å². The summed E-state index contributed by atoms with van der Waals surface area (Å²) in [7, 11) is 1.53. The Balaban J connectivity index is 1.98. The predicted octanol–water partition coefficient (Wildman–Crippen LogP) is 2.83. The van der Waals surface area contributed by atoms with Crippen molar-refractivity contribution in [3.05, 3.63) is 53.1 Å². The molecule has 2 aromatic carbocycles. The summed E-state index contributed by atoms with van der Waals surface area (Å²) < 4.78 is 10.9. The Bertz CT molecular complexity index is 709. The van der Waals surface area contributed by atoms with Crippen LogP contribution in [0.5, 0.6) is 11.5 Å². The zero-order valence-corrected chi connectivity index (χ0v) is 12.1. The van der Waals surface area contributed by atoms with E-state index in [1.54, 1.807) is 24.3 Å². The van der Waals surface area contributed by atoms with Gasteiger partial charge in [-0.25, -0.2) is 0 Å². The van der Waals surface area contributed by atoms with Crippen LogP contribution in [0.25, 0.3) is 0 Å². The summed E-state index contributed by atoms with van der Waals surface area (Å²) in [5, 5.41) is 0. The van der Waals surface area contributed by atoms with Gasteiger partial charge < -0.3 is 15.2 Å². The van der Waals surface area contributed by atoms with Crippen LogP contribution in [-0.2, 0) is 6.42 Å². The highest BCUT2D eigenvalue weighted by molar-refractivity contribution is 6.11. The van der Waals surface area contributed by atoms with Gasteiger partial charge in [0.05, 0.1) is 12.7 Å². The molecule has 1 unspecified atom stereocenters. The summed E-state index contributed by atoms with van der Waals surface area (Å²) in [4.78, 5) is 12.7. The van der Waals surface area contributed by atoms with Crippen molar-refractivity contribution < 1.29 is 14.3 Å². The normalized spacial score (nSPS) is 16.2. The van der Waals surface area contributed by atoms with Crippen molar-refractivity contribution >= 4 is 11.5 Å². The average molecular weight is 283 g/mol. The van der Waals surface area contributed by atoms with Gasteiger partial charge in [-0.05, 0) is 42.8 Å². The molecular formula is C17H17NO3. The van der Waals surface area contributed by atoms with Gasteiger partial charge >= 0.3 is 0 Å². The molecule has 21 heavy (non-hydrogen) atoms. The van der Waals surface area contributed by atoms with Crippen LogP contribution in [0.15, 0.2) is 36.4 Å². The van der Waals surface area contributed by atoms with Crippen LogP contribution in [0.4, 0.5) is 5.69 Å². The van der Waals surface area contributed by atoms with Crippen molar-refractivity contribution in [1.82, 2.24) is 0 Å². The molecule has 4 heteroatoms. The molecule has 0 aromatic heterocycles. The third kappa shape index (κ3) is 2.44. The van der Waals surface area contributed by atoms with Crippen LogP contribution in [0.2, 0.25) is 0 Å². The van der Waals surface area contributed by atoms with Gasteiger partial charge in [0, 0.05) is 23.7 Å². The van der Waals surface area contributed by atoms with Crippen molar-refractivity contribution in [3.8, 4) is 11.5 Å². The maximum atomic E-state index is 12.7. The molecule has 1 aliphatic heterocycles. The SMILES string of the molecule is COc1cc(N)ccc1C(=O)c1ccc2c(c1)CC(C)O2. The number of carbonyl (C=O) groups excluding carboxylic acids is 1. The smallest absolute Gasteiger partial charge is 0.196 e. The second kappa shape index (κ2) is 5.13. The number of carbonyl (C=O) groups is 1. The van der Waals surface area contributed by atoms with Crippen LogP contribution < -0.4 is 15.2 Å². The van der Waals surface area contributed by atoms with Crippen molar-refractivity contribution in [1.29, 1.82) is 0 Å². The number of hydrogen-bond donors (Lipinski definition) is 1. The number of nitrogens with two attached hydrogens (primary N) is 1. The molecule has 2 N–H and O–H groups in total. The largest absolute Gasteiger partial charge is 0.496 e. The number of nitrogen functional groups attached to an aromatic ring is 1. The monoisotopic (exact) mass is 283 g/mol. The highest BCUT2D eigenvalue weighted by Crippen LogP contribution is 2.31. The van der Waals surface area contributed by atoms with Gasteiger partial charge in [0.2, 0.25) is 0 Å². The Morgan fingerprint density at radius 2 is 2.10 bits per heavy atom. The molecule has 0 aliphatic carbocycles. The maximum Gasteiger partial charge on any atom is 0.196 e. The summed E-state index contributed by atoms with van der Waals surface area (Å²) >= 11 is 0. The minimum Gasteiger partial charge on any atom is -0.496 e. The van der Waals surface area contributed by atoms with Gasteiger partial charge in [0.1, 0.15) is 17.6 Å². The molecule has 0 radical (unpaired) electrons. The number of fused-ring (bicyclic) bond motifs is 1. The Labute approximate surface area is 123 Å². The van der Waals surface area contributed by atoms with Gasteiger partial charge in [0.25, 0.3) is 0 Å². The molecule has 1 atom stereocenters. The maximum absolute atomic E-state index is 12.7. The Morgan fingerprint density at radius 3 is 2.86 bits per heavy atom. The molecule has 2 aromatic rings. The molecule has 0 amide bonds. The number of ether oxygens (including phenoxy) is 2. The lowest BCUT2D eigenvalue weighted by atomic mass is 9.99. The van der Waals surface area contributed by atoms with Crippen molar-refractivity contribution in [2.45, 2.75) is 19.4 Å². The van der Waals surface area contributed by atoms with Gasteiger partial charge in [-0.15, -0.1) is 0 Å². The van der Waals surface area contributed by atoms with E-state index < -0.39 is 0 Å². The molecule has 1 aliphatic rings. The van der Waals surface area contributed by atoms with E-state index in [0.29, 0.717) is 22.6 Å². The standard InChI is InChI=1S/C17H17NO3/c1-10-7-12-8-11(3-6-15(12)21-10)17(19)14-5-4-13(18)9-16(14)20-2/h3-6,8-10H,7,18H2,1-2H3. The summed E-state index contributed by atoms with van der Waals surface area (Å²) in [6.07, 6.45) is 0.992. The lowest BCUT2D eigenvalue weighted by Crippen LogP contribution is -2.05. The van der Waals surface area contributed by atoms with Crippen molar-refractivity contribution in [2.75, 3.05) is 12.8 Å². The molecule has 3 rings (SSSR count). The van der Waals surface area contributed by atoms with E-state index in [1.807, 2.05) is 19.1 Å². The Kier molecular flexibility index (Phi) is 3.29. The van der Waals surface area contributed by atoms with Crippen LogP contribution >= 0.6 is 0 Å². The first-order valence-electron chi connectivity index (χ1n) is 6.86. The number of rotatable bonds is 3. The zero-order valence-electron chi connectivity index (χ0n) is 12.1. The minimum atomic E-state index is -0.0748. The van der Waals surface area contributed by atoms with Gasteiger partial charge in [-0.1, -0.05) is 0 Å². The molecule has 1 heterocycles. The highest BCUT2D eigenvalue weighted by atomic mass is 16.5. The van der Waals surface area contributed by atoms with E-state index in [4.69, 9.17) is 15.2 Å². The average Bonchev–Trinajstić information content (AvgIpc) is 2.85. The highest BCUT2D eigenvalue weighted by Gasteiger charge is 2.22. The second-order valence-corrected chi connectivity index (χ2v) is 5.24. The van der Waals surface area contributed by atoms with Gasteiger partial charge in [0.15, 0.2) is 5.78 Å². The lowest BCUT2D eigenvalue weighted by molar-refractivity contribution is 0.103. The van der Waals surface area contributed by atoms with Crippen molar-refractivity contribution in [3.63, 3.8) is 0 Å². The molecule has 0 saturated heterocycles. The Morgan fingerprint density at radius 1 is 1.29 bits per heavy atom. The quantitative estimate of drug-likeness (QED) is 0.695. The lowest BCUT2D eigenvalue weighted by Gasteiger charge is -2.09. The van der Waals surface area contributed by atoms with Gasteiger partial charge in [-0.3, -0.25) is 4.79 Å². The molecule has 108 valence electrons. The molecule has 0 bridgehead atoms. The molecule has 4 nitrogen and oxygen atoms in total. The van der Waals surface area contributed by atoms with Crippen molar-refractivity contribution in [2.24, 2.45) is 0 Å². The van der Waals surface area contributed by atoms with E-state index in [0.717, 1.165) is 17.7 Å². The first-order valence-corrected chi connectivity index (χ1v) is 6.86. The minimum absolute atomic E-state index is 0.0748. The number of benzene rings is 2. The third-order valence-electron chi connectivity index (χ3n) is 3.63. The van der Waals surface area contributed by atoms with Crippen LogP contribution in [0.3, 0.4) is 0 Å². The fraction of sp³-hybridized carbons (Fsp3) is 0.235. The molecular weight excluding hydrogens is 266 g/mol. The number of methoxy groups -OCH3 is 1. The number of anilines is 1. The number of ketones is 1. The topological polar surface area (TPSA) is 61.5 Å². The third-order valence-corrected chi connectivity index (χ3v) is 3.63. The fourth-order valence-electron chi connectivity index (χ4n) is 2.61. The summed E-state index contributed by atoms with van der Waals surface area (Å²) in [5.41, 5.74) is 8.51. The summed E-state index contributed by atoms with van der Waals surface area (Å²) in [5.74, 6) is 1.28. The molecule has 0 spiro atoms. The van der Waals surface area contributed by atoms with Crippen LogP contribution in [0, 0.1) is 0 Å². The summed E-state index contributed by atoms with van der Waals surface area (Å²) in [6, 6.07) is 10.6. The first-order chi connectivity index (χ1) is 10.1. The van der Waals surface area contributed by atoms with E-state index in [9.17, 15) is 4.79 Å². The molecule has 0 fully saturated rings. The first kappa shape index (κ1) is 13.5. The second-order valence-electron chi connectivity index (χ2n) is 5.24. The number of hydrogen-bond acceptors (Lipinski definition) is 4. The van der Waals surface area contributed by atoms with Crippen LogP contribution in [-0.4, -0.2) is 19.0 Å². The zero-order chi connectivity index (χ0) is 15.0. The van der Waals surface area contributed by atoms with Crippen LogP contribution in [0.1, 0.15) is 28.4 Å². The summed E-state index contributed by atoms with van der Waals surface area (Å²) in [6.45, 7) is 2.02. The Hall–Kier alpha value is -2.49. The van der Waals surface area contributed by atoms with Gasteiger partial charge in [-0.2, -0.15) is 0 Å². The van der Waals surface area contributed by atoms with E-state index in [2.05, 4.69) is 0 Å². The predicted molar refractivity (Wildman–Crippen MR) is 81.1 cm³/mol. The van der Waals surface area contributed by atoms with E-state index in [1.165, 1.54) is 7.11 Å². The molecule has 0 saturated carbocycles. The fourth-order valence-corrected chi connectivity index (χ4v) is 2.61.